The highest BCUT2D eigenvalue weighted by molar-refractivity contribution is 5.97. The van der Waals surface area contributed by atoms with Gasteiger partial charge in [-0.15, -0.1) is 0 Å². The van der Waals surface area contributed by atoms with Gasteiger partial charge in [-0.1, -0.05) is 20.3 Å². The Bertz CT molecular complexity index is 825. The quantitative estimate of drug-likeness (QED) is 0.570. The minimum absolute atomic E-state index is 0.0687. The Hall–Kier alpha value is -2.62. The van der Waals surface area contributed by atoms with E-state index in [0.717, 1.165) is 6.42 Å². The summed E-state index contributed by atoms with van der Waals surface area (Å²) in [5.74, 6) is -1.37. The van der Waals surface area contributed by atoms with Gasteiger partial charge in [0.2, 0.25) is 0 Å². The summed E-state index contributed by atoms with van der Waals surface area (Å²) in [4.78, 5) is 52.9. The van der Waals surface area contributed by atoms with E-state index in [1.165, 1.54) is 9.47 Å². The molecule has 29 heavy (non-hydrogen) atoms. The van der Waals surface area contributed by atoms with Crippen LogP contribution in [0.2, 0.25) is 0 Å². The highest BCUT2D eigenvalue weighted by Crippen LogP contribution is 2.19. The predicted molar refractivity (Wildman–Crippen MR) is 108 cm³/mol. The third-order valence-corrected chi connectivity index (χ3v) is 4.86. The van der Waals surface area contributed by atoms with Gasteiger partial charge in [-0.05, 0) is 25.7 Å². The lowest BCUT2D eigenvalue weighted by atomic mass is 10.0. The fourth-order valence-corrected chi connectivity index (χ4v) is 3.22. The van der Waals surface area contributed by atoms with E-state index < -0.39 is 29.7 Å². The average molecular weight is 410 g/mol. The van der Waals surface area contributed by atoms with Crippen molar-refractivity contribution in [1.82, 2.24) is 9.55 Å². The van der Waals surface area contributed by atoms with Crippen LogP contribution in [-0.2, 0) is 25.6 Å². The summed E-state index contributed by atoms with van der Waals surface area (Å²) in [6.45, 7) is 4.82. The molecule has 2 heterocycles. The molecule has 0 atom stereocenters. The van der Waals surface area contributed by atoms with Gasteiger partial charge in [0.15, 0.2) is 12.3 Å². The Kier molecular flexibility index (Phi) is 8.44. The first kappa shape index (κ1) is 22.7. The predicted octanol–water partition coefficient (Wildman–Crippen LogP) is 0.632. The van der Waals surface area contributed by atoms with Gasteiger partial charge in [-0.2, -0.15) is 0 Å². The number of nitrogen functional groups attached to an aromatic ring is 1. The van der Waals surface area contributed by atoms with E-state index in [2.05, 4.69) is 4.98 Å². The van der Waals surface area contributed by atoms with Gasteiger partial charge in [0.25, 0.3) is 11.5 Å². The number of amides is 1. The fraction of sp³-hybridized carbons (Fsp3) is 0.684. The first-order valence-electron chi connectivity index (χ1n) is 10.1. The highest BCUT2D eigenvalue weighted by Gasteiger charge is 2.27. The molecule has 0 radical (unpaired) electrons. The molecule has 0 bridgehead atoms. The zero-order valence-electron chi connectivity index (χ0n) is 17.1. The molecule has 10 nitrogen and oxygen atoms in total. The maximum atomic E-state index is 12.8. The number of carbonyl (C=O) groups excluding carboxylic acids is 2. The number of rotatable bonds is 9. The number of hydrogen-bond donors (Lipinski definition) is 2. The van der Waals surface area contributed by atoms with Crippen molar-refractivity contribution in [3.63, 3.8) is 0 Å². The molecule has 1 aliphatic heterocycles. The van der Waals surface area contributed by atoms with Gasteiger partial charge in [0, 0.05) is 26.3 Å². The lowest BCUT2D eigenvalue weighted by molar-refractivity contribution is -0.154. The van der Waals surface area contributed by atoms with Crippen LogP contribution in [0.3, 0.4) is 0 Å². The van der Waals surface area contributed by atoms with Gasteiger partial charge in [-0.25, -0.2) is 4.79 Å². The smallest absolute Gasteiger partial charge is 0.330 e. The van der Waals surface area contributed by atoms with Gasteiger partial charge < -0.3 is 20.1 Å². The van der Waals surface area contributed by atoms with E-state index in [-0.39, 0.29) is 24.0 Å². The summed E-state index contributed by atoms with van der Waals surface area (Å²) in [5, 5.41) is 0. The molecular formula is C19H30N4O6. The van der Waals surface area contributed by atoms with Crippen molar-refractivity contribution in [2.45, 2.75) is 52.5 Å². The number of nitrogens with zero attached hydrogens (tertiary/aromatic N) is 2. The van der Waals surface area contributed by atoms with Gasteiger partial charge in [0.1, 0.15) is 5.82 Å². The van der Waals surface area contributed by atoms with Crippen LogP contribution >= 0.6 is 0 Å². The molecule has 1 aliphatic rings. The molecule has 0 spiro atoms. The number of anilines is 2. The summed E-state index contributed by atoms with van der Waals surface area (Å²) in [6.07, 6.45) is 3.13. The molecule has 1 fully saturated rings. The minimum atomic E-state index is -0.736. The number of carbonyl (C=O) groups is 2. The highest BCUT2D eigenvalue weighted by atomic mass is 16.5. The lowest BCUT2D eigenvalue weighted by Crippen LogP contribution is -2.43. The van der Waals surface area contributed by atoms with Crippen LogP contribution in [0.4, 0.5) is 11.5 Å². The summed E-state index contributed by atoms with van der Waals surface area (Å²) in [7, 11) is 0. The first-order valence-corrected chi connectivity index (χ1v) is 10.1. The van der Waals surface area contributed by atoms with Crippen LogP contribution in [0.5, 0.6) is 0 Å². The number of nitrogens with two attached hydrogens (primary N) is 1. The Morgan fingerprint density at radius 2 is 1.93 bits per heavy atom. The molecule has 0 aromatic carbocycles. The van der Waals surface area contributed by atoms with Crippen molar-refractivity contribution in [3.05, 3.63) is 20.8 Å². The Morgan fingerprint density at radius 1 is 1.24 bits per heavy atom. The van der Waals surface area contributed by atoms with Gasteiger partial charge >= 0.3 is 11.7 Å². The number of H-pyrrole nitrogens is 1. The first-order chi connectivity index (χ1) is 13.9. The largest absolute Gasteiger partial charge is 0.455 e. The zero-order valence-corrected chi connectivity index (χ0v) is 17.1. The molecule has 0 unspecified atom stereocenters. The van der Waals surface area contributed by atoms with Crippen molar-refractivity contribution in [3.8, 4) is 0 Å². The normalized spacial score (nSPS) is 14.6. The minimum Gasteiger partial charge on any atom is -0.455 e. The standard InChI is InChI=1S/C19H30N4O6/c1-3-5-9-22(14(24)12-29-18(26)13-6-10-28-11-7-13)15-16(20)23(8-4-2)19(27)21-17(15)25/h13H,3-12,20H2,1-2H3,(H,21,25,27). The molecule has 2 rings (SSSR count). The molecule has 1 amide bonds. The summed E-state index contributed by atoms with van der Waals surface area (Å²) >= 11 is 0. The van der Waals surface area contributed by atoms with Gasteiger partial charge in [-0.3, -0.25) is 23.9 Å². The molecule has 0 aliphatic carbocycles. The lowest BCUT2D eigenvalue weighted by Gasteiger charge is -2.25. The van der Waals surface area contributed by atoms with Crippen molar-refractivity contribution >= 4 is 23.4 Å². The molecule has 162 valence electrons. The third kappa shape index (κ3) is 5.69. The third-order valence-electron chi connectivity index (χ3n) is 4.86. The zero-order chi connectivity index (χ0) is 21.4. The van der Waals surface area contributed by atoms with E-state index >= 15 is 0 Å². The number of ether oxygens (including phenoxy) is 2. The van der Waals surface area contributed by atoms with Crippen LogP contribution in [-0.4, -0.2) is 47.8 Å². The van der Waals surface area contributed by atoms with Crippen LogP contribution < -0.4 is 21.9 Å². The second-order valence-corrected chi connectivity index (χ2v) is 7.04. The summed E-state index contributed by atoms with van der Waals surface area (Å²) in [5.41, 5.74) is 4.64. The Morgan fingerprint density at radius 3 is 2.55 bits per heavy atom. The maximum absolute atomic E-state index is 12.8. The second kappa shape index (κ2) is 10.8. The van der Waals surface area contributed by atoms with E-state index in [1.54, 1.807) is 0 Å². The van der Waals surface area contributed by atoms with Crippen molar-refractivity contribution in [1.29, 1.82) is 0 Å². The molecular weight excluding hydrogens is 380 g/mol. The molecule has 0 saturated carbocycles. The fourth-order valence-electron chi connectivity index (χ4n) is 3.22. The van der Waals surface area contributed by atoms with Crippen molar-refractivity contribution in [2.75, 3.05) is 37.0 Å². The van der Waals surface area contributed by atoms with Crippen molar-refractivity contribution < 1.29 is 19.1 Å². The summed E-state index contributed by atoms with van der Waals surface area (Å²) < 4.78 is 11.7. The molecule has 1 aromatic heterocycles. The van der Waals surface area contributed by atoms with E-state index in [0.29, 0.717) is 45.4 Å². The topological polar surface area (TPSA) is 137 Å². The van der Waals surface area contributed by atoms with Crippen LogP contribution in [0.25, 0.3) is 0 Å². The molecule has 1 saturated heterocycles. The molecule has 1 aromatic rings. The number of nitrogens with one attached hydrogen (secondary N) is 1. The summed E-state index contributed by atoms with van der Waals surface area (Å²) in [6, 6.07) is 0. The second-order valence-electron chi connectivity index (χ2n) is 7.04. The number of esters is 1. The van der Waals surface area contributed by atoms with Crippen LogP contribution in [0.1, 0.15) is 46.0 Å². The number of aromatic nitrogens is 2. The van der Waals surface area contributed by atoms with Crippen LogP contribution in [0.15, 0.2) is 9.59 Å². The van der Waals surface area contributed by atoms with E-state index in [9.17, 15) is 19.2 Å². The number of unbranched alkanes of at least 4 members (excludes halogenated alkanes) is 1. The average Bonchev–Trinajstić information content (AvgIpc) is 2.71. The van der Waals surface area contributed by atoms with E-state index in [4.69, 9.17) is 15.2 Å². The Labute approximate surface area is 169 Å². The SMILES string of the molecule is CCCCN(C(=O)COC(=O)C1CCOCC1)c1c(N)n(CCC)c(=O)[nH]c1=O. The monoisotopic (exact) mass is 410 g/mol. The maximum Gasteiger partial charge on any atom is 0.330 e. The van der Waals surface area contributed by atoms with E-state index in [1.807, 2.05) is 13.8 Å². The number of hydrogen-bond acceptors (Lipinski definition) is 7. The molecule has 3 N–H and O–H groups in total. The van der Waals surface area contributed by atoms with Gasteiger partial charge in [0.05, 0.1) is 5.92 Å². The molecule has 10 heteroatoms. The Balaban J connectivity index is 2.23. The van der Waals surface area contributed by atoms with Crippen LogP contribution in [0, 0.1) is 5.92 Å². The van der Waals surface area contributed by atoms with Crippen molar-refractivity contribution in [2.24, 2.45) is 5.92 Å². The number of aromatic amines is 1.